The second-order valence-electron chi connectivity index (χ2n) is 4.36. The van der Waals surface area contributed by atoms with Gasteiger partial charge in [0.25, 0.3) is 0 Å². The summed E-state index contributed by atoms with van der Waals surface area (Å²) in [4.78, 5) is 11.4. The maximum atomic E-state index is 11.4. The molecule has 0 unspecified atom stereocenters. The molecule has 0 aromatic carbocycles. The number of hydrogen-bond donors (Lipinski definition) is 0. The molecule has 88 valence electrons. The van der Waals surface area contributed by atoms with Crippen LogP contribution in [0.5, 0.6) is 0 Å². The van der Waals surface area contributed by atoms with E-state index in [9.17, 15) is 4.79 Å². The first-order valence-electron chi connectivity index (χ1n) is 5.91. The number of allylic oxidation sites excluding steroid dienone is 1. The SMILES string of the molecule is CCCCCOC(=O)C(C)=CCC(C)C. The van der Waals surface area contributed by atoms with Crippen molar-refractivity contribution in [2.75, 3.05) is 6.61 Å². The van der Waals surface area contributed by atoms with E-state index < -0.39 is 0 Å². The molecule has 2 nitrogen and oxygen atoms in total. The fourth-order valence-electron chi connectivity index (χ4n) is 1.13. The van der Waals surface area contributed by atoms with Crippen molar-refractivity contribution in [3.63, 3.8) is 0 Å². The highest BCUT2D eigenvalue weighted by Crippen LogP contribution is 2.06. The van der Waals surface area contributed by atoms with Gasteiger partial charge in [-0.25, -0.2) is 4.79 Å². The van der Waals surface area contributed by atoms with Gasteiger partial charge in [0, 0.05) is 5.57 Å². The minimum atomic E-state index is -0.160. The zero-order valence-electron chi connectivity index (χ0n) is 10.5. The number of rotatable bonds is 7. The van der Waals surface area contributed by atoms with E-state index in [1.165, 1.54) is 0 Å². The van der Waals surface area contributed by atoms with Crippen LogP contribution in [0.3, 0.4) is 0 Å². The summed E-state index contributed by atoms with van der Waals surface area (Å²) < 4.78 is 5.13. The van der Waals surface area contributed by atoms with Crippen LogP contribution in [-0.4, -0.2) is 12.6 Å². The third-order valence-electron chi connectivity index (χ3n) is 2.20. The Balaban J connectivity index is 3.73. The minimum Gasteiger partial charge on any atom is -0.462 e. The average Bonchev–Trinajstić information content (AvgIpc) is 2.20. The third kappa shape index (κ3) is 8.22. The predicted octanol–water partition coefficient (Wildman–Crippen LogP) is 3.71. The lowest BCUT2D eigenvalue weighted by Crippen LogP contribution is -2.07. The molecule has 0 aromatic rings. The van der Waals surface area contributed by atoms with E-state index in [0.717, 1.165) is 31.3 Å². The summed E-state index contributed by atoms with van der Waals surface area (Å²) in [5.41, 5.74) is 0.736. The van der Waals surface area contributed by atoms with Gasteiger partial charge < -0.3 is 4.74 Å². The molecule has 0 aliphatic carbocycles. The van der Waals surface area contributed by atoms with Gasteiger partial charge in [-0.05, 0) is 25.7 Å². The van der Waals surface area contributed by atoms with Crippen LogP contribution in [0.4, 0.5) is 0 Å². The van der Waals surface area contributed by atoms with Crippen LogP contribution in [-0.2, 0) is 9.53 Å². The fourth-order valence-corrected chi connectivity index (χ4v) is 1.13. The van der Waals surface area contributed by atoms with Crippen molar-refractivity contribution < 1.29 is 9.53 Å². The van der Waals surface area contributed by atoms with Gasteiger partial charge in [0.15, 0.2) is 0 Å². The number of carbonyl (C=O) groups is 1. The largest absolute Gasteiger partial charge is 0.462 e. The van der Waals surface area contributed by atoms with Crippen LogP contribution in [0.25, 0.3) is 0 Å². The van der Waals surface area contributed by atoms with Gasteiger partial charge in [0.2, 0.25) is 0 Å². The molecule has 15 heavy (non-hydrogen) atoms. The number of ether oxygens (including phenoxy) is 1. The lowest BCUT2D eigenvalue weighted by molar-refractivity contribution is -0.139. The summed E-state index contributed by atoms with van der Waals surface area (Å²) in [5.74, 6) is 0.430. The molecular formula is C13H24O2. The molecule has 0 radical (unpaired) electrons. The Hall–Kier alpha value is -0.790. The first-order chi connectivity index (χ1) is 7.07. The van der Waals surface area contributed by atoms with Gasteiger partial charge in [-0.3, -0.25) is 0 Å². The molecule has 0 atom stereocenters. The summed E-state index contributed by atoms with van der Waals surface area (Å²) in [5, 5.41) is 0. The van der Waals surface area contributed by atoms with Gasteiger partial charge >= 0.3 is 5.97 Å². The van der Waals surface area contributed by atoms with Crippen molar-refractivity contribution in [1.82, 2.24) is 0 Å². The standard InChI is InChI=1S/C13H24O2/c1-5-6-7-10-15-13(14)12(4)9-8-11(2)3/h9,11H,5-8,10H2,1-4H3. The Morgan fingerprint density at radius 3 is 2.53 bits per heavy atom. The Bertz CT molecular complexity index is 205. The topological polar surface area (TPSA) is 26.3 Å². The van der Waals surface area contributed by atoms with Crippen LogP contribution in [0.1, 0.15) is 53.4 Å². The number of carbonyl (C=O) groups excluding carboxylic acids is 1. The Kier molecular flexibility index (Phi) is 8.06. The Morgan fingerprint density at radius 1 is 1.33 bits per heavy atom. The van der Waals surface area contributed by atoms with Crippen LogP contribution >= 0.6 is 0 Å². The van der Waals surface area contributed by atoms with E-state index in [2.05, 4.69) is 20.8 Å². The molecule has 0 aliphatic heterocycles. The first kappa shape index (κ1) is 14.2. The molecule has 0 bridgehead atoms. The zero-order chi connectivity index (χ0) is 11.7. The predicted molar refractivity (Wildman–Crippen MR) is 63.7 cm³/mol. The monoisotopic (exact) mass is 212 g/mol. The van der Waals surface area contributed by atoms with Crippen molar-refractivity contribution in [2.45, 2.75) is 53.4 Å². The lowest BCUT2D eigenvalue weighted by atomic mass is 10.1. The number of esters is 1. The van der Waals surface area contributed by atoms with Gasteiger partial charge in [0.1, 0.15) is 0 Å². The van der Waals surface area contributed by atoms with E-state index in [1.807, 2.05) is 13.0 Å². The van der Waals surface area contributed by atoms with E-state index in [4.69, 9.17) is 4.74 Å². The van der Waals surface area contributed by atoms with Crippen LogP contribution in [0, 0.1) is 5.92 Å². The summed E-state index contributed by atoms with van der Waals surface area (Å²) in [6.45, 7) is 8.78. The third-order valence-corrected chi connectivity index (χ3v) is 2.20. The van der Waals surface area contributed by atoms with Crippen LogP contribution in [0.15, 0.2) is 11.6 Å². The minimum absolute atomic E-state index is 0.160. The lowest BCUT2D eigenvalue weighted by Gasteiger charge is -2.05. The van der Waals surface area contributed by atoms with E-state index in [1.54, 1.807) is 0 Å². The molecule has 0 spiro atoms. The van der Waals surface area contributed by atoms with Gasteiger partial charge in [-0.15, -0.1) is 0 Å². The van der Waals surface area contributed by atoms with Crippen molar-refractivity contribution in [3.8, 4) is 0 Å². The van der Waals surface area contributed by atoms with Gasteiger partial charge in [-0.1, -0.05) is 39.7 Å². The first-order valence-corrected chi connectivity index (χ1v) is 5.91. The highest BCUT2D eigenvalue weighted by molar-refractivity contribution is 5.87. The normalized spacial score (nSPS) is 11.9. The molecule has 2 heteroatoms. The average molecular weight is 212 g/mol. The highest BCUT2D eigenvalue weighted by atomic mass is 16.5. The summed E-state index contributed by atoms with van der Waals surface area (Å²) in [6.07, 6.45) is 6.16. The van der Waals surface area contributed by atoms with Gasteiger partial charge in [-0.2, -0.15) is 0 Å². The molecule has 0 rings (SSSR count). The van der Waals surface area contributed by atoms with Crippen molar-refractivity contribution in [1.29, 1.82) is 0 Å². The van der Waals surface area contributed by atoms with Crippen molar-refractivity contribution in [2.24, 2.45) is 5.92 Å². The van der Waals surface area contributed by atoms with E-state index in [-0.39, 0.29) is 5.97 Å². The van der Waals surface area contributed by atoms with Crippen molar-refractivity contribution in [3.05, 3.63) is 11.6 Å². The van der Waals surface area contributed by atoms with Crippen molar-refractivity contribution >= 4 is 5.97 Å². The Morgan fingerprint density at radius 2 is 2.00 bits per heavy atom. The fraction of sp³-hybridized carbons (Fsp3) is 0.769. The number of hydrogen-bond acceptors (Lipinski definition) is 2. The molecule has 0 fully saturated rings. The molecular weight excluding hydrogens is 188 g/mol. The second kappa shape index (κ2) is 8.51. The molecule has 0 N–H and O–H groups in total. The highest BCUT2D eigenvalue weighted by Gasteiger charge is 2.04. The molecule has 0 saturated heterocycles. The van der Waals surface area contributed by atoms with Gasteiger partial charge in [0.05, 0.1) is 6.61 Å². The Labute approximate surface area is 93.7 Å². The van der Waals surface area contributed by atoms with Crippen LogP contribution < -0.4 is 0 Å². The molecule has 0 heterocycles. The molecule has 0 saturated carbocycles. The molecule has 0 aliphatic rings. The summed E-state index contributed by atoms with van der Waals surface area (Å²) >= 11 is 0. The van der Waals surface area contributed by atoms with E-state index >= 15 is 0 Å². The summed E-state index contributed by atoms with van der Waals surface area (Å²) in [7, 11) is 0. The molecule has 0 amide bonds. The second-order valence-corrected chi connectivity index (χ2v) is 4.36. The maximum absolute atomic E-state index is 11.4. The quantitative estimate of drug-likeness (QED) is 0.365. The van der Waals surface area contributed by atoms with Crippen LogP contribution in [0.2, 0.25) is 0 Å². The molecule has 0 aromatic heterocycles. The van der Waals surface area contributed by atoms with E-state index in [0.29, 0.717) is 12.5 Å². The maximum Gasteiger partial charge on any atom is 0.333 e. The number of unbranched alkanes of at least 4 members (excludes halogenated alkanes) is 2. The smallest absolute Gasteiger partial charge is 0.333 e. The summed E-state index contributed by atoms with van der Waals surface area (Å²) in [6, 6.07) is 0. The zero-order valence-corrected chi connectivity index (χ0v) is 10.5.